The summed E-state index contributed by atoms with van der Waals surface area (Å²) in [5.74, 6) is -2.23. The van der Waals surface area contributed by atoms with Crippen LogP contribution in [0.4, 0.5) is 26.3 Å². The Labute approximate surface area is 84.9 Å². The van der Waals surface area contributed by atoms with Crippen LogP contribution in [0.2, 0.25) is 0 Å². The number of nitrogens with zero attached hydrogens (tertiary/aromatic N) is 1. The Morgan fingerprint density at radius 1 is 1.06 bits per heavy atom. The molecule has 8 heteroatoms. The van der Waals surface area contributed by atoms with Crippen molar-refractivity contribution in [2.45, 2.75) is 12.4 Å². The van der Waals surface area contributed by atoms with Gasteiger partial charge in [0.2, 0.25) is 0 Å². The van der Waals surface area contributed by atoms with Crippen LogP contribution in [0.5, 0.6) is 0 Å². The highest BCUT2D eigenvalue weighted by Gasteiger charge is 2.40. The molecule has 0 bridgehead atoms. The average molecular weight is 243 g/mol. The lowest BCUT2D eigenvalue weighted by Gasteiger charge is -2.07. The summed E-state index contributed by atoms with van der Waals surface area (Å²) in [7, 11) is 0. The molecule has 1 rings (SSSR count). The van der Waals surface area contributed by atoms with Crippen LogP contribution in [0.25, 0.3) is 0 Å². The Bertz CT molecular complexity index is 390. The lowest BCUT2D eigenvalue weighted by molar-refractivity contribution is -0.141. The molecular weight excluding hydrogens is 240 g/mol. The van der Waals surface area contributed by atoms with Crippen LogP contribution in [0, 0.1) is 0 Å². The predicted molar refractivity (Wildman–Crippen MR) is 39.6 cm³/mol. The van der Waals surface area contributed by atoms with Crippen LogP contribution in [0.3, 0.4) is 0 Å². The van der Waals surface area contributed by atoms with Crippen molar-refractivity contribution in [2.75, 3.05) is 0 Å². The molecule has 0 atom stereocenters. The van der Waals surface area contributed by atoms with Gasteiger partial charge in [-0.1, -0.05) is 0 Å². The summed E-state index contributed by atoms with van der Waals surface area (Å²) in [6, 6.07) is 0.755. The molecule has 0 spiro atoms. The van der Waals surface area contributed by atoms with E-state index in [0.717, 1.165) is 0 Å². The van der Waals surface area contributed by atoms with Crippen molar-refractivity contribution in [3.8, 4) is 0 Å². The SMILES string of the molecule is O=C(c1ccc(C(F)(F)F)nc1)C(F)(F)F. The number of alkyl halides is 6. The zero-order valence-corrected chi connectivity index (χ0v) is 7.36. The maximum absolute atomic E-state index is 12.0. The number of hydrogen-bond acceptors (Lipinski definition) is 2. The smallest absolute Gasteiger partial charge is 0.284 e. The summed E-state index contributed by atoms with van der Waals surface area (Å²) in [5.41, 5.74) is -2.29. The van der Waals surface area contributed by atoms with Gasteiger partial charge in [0.25, 0.3) is 5.78 Å². The van der Waals surface area contributed by atoms with Crippen LogP contribution in [0.1, 0.15) is 16.1 Å². The highest BCUT2D eigenvalue weighted by Crippen LogP contribution is 2.28. The average Bonchev–Trinajstić information content (AvgIpc) is 2.14. The lowest BCUT2D eigenvalue weighted by atomic mass is 10.1. The van der Waals surface area contributed by atoms with Gasteiger partial charge in [0.05, 0.1) is 0 Å². The molecule has 0 aromatic carbocycles. The molecule has 0 aliphatic carbocycles. The first kappa shape index (κ1) is 12.5. The van der Waals surface area contributed by atoms with Gasteiger partial charge in [-0.25, -0.2) is 0 Å². The summed E-state index contributed by atoms with van der Waals surface area (Å²) in [4.78, 5) is 13.3. The Balaban J connectivity index is 3.01. The molecular formula is C8H3F6NO. The number of carbonyl (C=O) groups is 1. The van der Waals surface area contributed by atoms with Crippen LogP contribution >= 0.6 is 0 Å². The van der Waals surface area contributed by atoms with E-state index in [2.05, 4.69) is 4.98 Å². The molecule has 0 amide bonds. The molecule has 0 fully saturated rings. The van der Waals surface area contributed by atoms with Gasteiger partial charge in [-0.15, -0.1) is 0 Å². The number of ketones is 1. The van der Waals surface area contributed by atoms with Gasteiger partial charge in [0.1, 0.15) is 5.69 Å². The molecule has 0 aliphatic rings. The number of carbonyl (C=O) groups excluding carboxylic acids is 1. The maximum atomic E-state index is 12.0. The van der Waals surface area contributed by atoms with Crippen molar-refractivity contribution in [2.24, 2.45) is 0 Å². The number of Topliss-reactive ketones (excluding diaryl/α,β-unsaturated/α-hetero) is 1. The van der Waals surface area contributed by atoms with Gasteiger partial charge in [0, 0.05) is 11.8 Å². The van der Waals surface area contributed by atoms with E-state index in [-0.39, 0.29) is 6.20 Å². The van der Waals surface area contributed by atoms with E-state index in [9.17, 15) is 31.1 Å². The second kappa shape index (κ2) is 3.76. The molecule has 0 N–H and O–H groups in total. The van der Waals surface area contributed by atoms with E-state index in [0.29, 0.717) is 12.1 Å². The fourth-order valence-corrected chi connectivity index (χ4v) is 0.860. The van der Waals surface area contributed by atoms with E-state index in [1.807, 2.05) is 0 Å². The monoisotopic (exact) mass is 243 g/mol. The van der Waals surface area contributed by atoms with E-state index in [4.69, 9.17) is 0 Å². The van der Waals surface area contributed by atoms with Gasteiger partial charge < -0.3 is 0 Å². The Morgan fingerprint density at radius 3 is 1.94 bits per heavy atom. The molecule has 0 radical (unpaired) electrons. The first-order valence-electron chi connectivity index (χ1n) is 3.77. The van der Waals surface area contributed by atoms with Crippen LogP contribution < -0.4 is 0 Å². The Kier molecular flexibility index (Phi) is 2.93. The first-order chi connectivity index (χ1) is 7.12. The summed E-state index contributed by atoms with van der Waals surface area (Å²) in [5, 5.41) is 0. The van der Waals surface area contributed by atoms with Gasteiger partial charge in [-0.3, -0.25) is 9.78 Å². The summed E-state index contributed by atoms with van der Waals surface area (Å²) >= 11 is 0. The normalized spacial score (nSPS) is 12.6. The molecule has 0 unspecified atom stereocenters. The number of pyridine rings is 1. The van der Waals surface area contributed by atoms with Gasteiger partial charge in [-0.2, -0.15) is 26.3 Å². The molecule has 1 aromatic heterocycles. The zero-order valence-electron chi connectivity index (χ0n) is 7.36. The van der Waals surface area contributed by atoms with Crippen LogP contribution in [0.15, 0.2) is 18.3 Å². The molecule has 0 saturated carbocycles. The lowest BCUT2D eigenvalue weighted by Crippen LogP contribution is -2.23. The standard InChI is InChI=1S/C8H3F6NO/c9-7(10,11)5-2-1-4(3-15-5)6(16)8(12,13)14/h1-3H. The van der Waals surface area contributed by atoms with Crippen molar-refractivity contribution < 1.29 is 31.1 Å². The van der Waals surface area contributed by atoms with E-state index < -0.39 is 29.4 Å². The highest BCUT2D eigenvalue weighted by atomic mass is 19.4. The van der Waals surface area contributed by atoms with Gasteiger partial charge in [0.15, 0.2) is 0 Å². The third kappa shape index (κ3) is 2.71. The fraction of sp³-hybridized carbons (Fsp3) is 0.250. The molecule has 16 heavy (non-hydrogen) atoms. The molecule has 0 saturated heterocycles. The summed E-state index contributed by atoms with van der Waals surface area (Å²) in [6.07, 6.45) is -9.63. The summed E-state index contributed by atoms with van der Waals surface area (Å²) < 4.78 is 71.6. The maximum Gasteiger partial charge on any atom is 0.454 e. The first-order valence-corrected chi connectivity index (χ1v) is 3.77. The van der Waals surface area contributed by atoms with Crippen molar-refractivity contribution in [1.29, 1.82) is 0 Å². The van der Waals surface area contributed by atoms with Crippen molar-refractivity contribution >= 4 is 5.78 Å². The fourth-order valence-electron chi connectivity index (χ4n) is 0.860. The zero-order chi connectivity index (χ0) is 12.6. The predicted octanol–water partition coefficient (Wildman–Crippen LogP) is 2.85. The Morgan fingerprint density at radius 2 is 1.62 bits per heavy atom. The van der Waals surface area contributed by atoms with Crippen LogP contribution in [-0.2, 0) is 6.18 Å². The minimum absolute atomic E-state index is 0.249. The number of hydrogen-bond donors (Lipinski definition) is 0. The third-order valence-electron chi connectivity index (χ3n) is 1.57. The van der Waals surface area contributed by atoms with Crippen molar-refractivity contribution in [3.63, 3.8) is 0 Å². The Hall–Kier alpha value is -1.60. The quantitative estimate of drug-likeness (QED) is 0.560. The molecule has 1 heterocycles. The minimum Gasteiger partial charge on any atom is -0.284 e. The van der Waals surface area contributed by atoms with Gasteiger partial charge >= 0.3 is 12.4 Å². The molecule has 0 aliphatic heterocycles. The largest absolute Gasteiger partial charge is 0.454 e. The van der Waals surface area contributed by atoms with Crippen LogP contribution in [-0.4, -0.2) is 16.9 Å². The van der Waals surface area contributed by atoms with E-state index in [1.165, 1.54) is 0 Å². The highest BCUT2D eigenvalue weighted by molar-refractivity contribution is 5.99. The van der Waals surface area contributed by atoms with Crippen molar-refractivity contribution in [3.05, 3.63) is 29.6 Å². The minimum atomic E-state index is -5.12. The molecule has 2 nitrogen and oxygen atoms in total. The molecule has 88 valence electrons. The van der Waals surface area contributed by atoms with E-state index in [1.54, 1.807) is 0 Å². The third-order valence-corrected chi connectivity index (χ3v) is 1.57. The van der Waals surface area contributed by atoms with E-state index >= 15 is 0 Å². The second-order valence-corrected chi connectivity index (χ2v) is 2.76. The van der Waals surface area contributed by atoms with Crippen molar-refractivity contribution in [1.82, 2.24) is 4.98 Å². The molecule has 1 aromatic rings. The summed E-state index contributed by atoms with van der Waals surface area (Å²) in [6.45, 7) is 0. The number of halogens is 6. The van der Waals surface area contributed by atoms with Gasteiger partial charge in [-0.05, 0) is 12.1 Å². The second-order valence-electron chi connectivity index (χ2n) is 2.76. The number of aromatic nitrogens is 1. The number of rotatable bonds is 1. The topological polar surface area (TPSA) is 30.0 Å².